The van der Waals surface area contributed by atoms with E-state index in [4.69, 9.17) is 5.73 Å². The molecule has 1 aromatic carbocycles. The number of benzene rings is 1. The van der Waals surface area contributed by atoms with Crippen molar-refractivity contribution in [2.45, 2.75) is 6.92 Å². The van der Waals surface area contributed by atoms with Crippen molar-refractivity contribution in [1.82, 2.24) is 0 Å². The second-order valence-electron chi connectivity index (χ2n) is 3.24. The number of rotatable bonds is 3. The molecule has 4 nitrogen and oxygen atoms in total. The smallest absolute Gasteiger partial charge is 0.319 e. The van der Waals surface area contributed by atoms with Gasteiger partial charge in [0.2, 0.25) is 0 Å². The second-order valence-corrected chi connectivity index (χ2v) is 3.24. The molecule has 0 radical (unpaired) electrons. The molecule has 0 amide bonds. The molecule has 0 aromatic heterocycles. The molecule has 0 aliphatic carbocycles. The van der Waals surface area contributed by atoms with Crippen molar-refractivity contribution in [2.24, 2.45) is 5.73 Å². The maximum Gasteiger partial charge on any atom is 0.319 e. The van der Waals surface area contributed by atoms with Crippen LogP contribution in [0.3, 0.4) is 0 Å². The summed E-state index contributed by atoms with van der Waals surface area (Å²) in [6.45, 7) is 2.14. The van der Waals surface area contributed by atoms with Crippen molar-refractivity contribution in [3.63, 3.8) is 0 Å². The molecular weight excluding hydrogens is 204 g/mol. The Hall–Kier alpha value is -1.55. The number of carbonyl (C=O) groups excluding carboxylic acids is 1. The van der Waals surface area contributed by atoms with Crippen molar-refractivity contribution in [1.29, 1.82) is 0 Å². The zero-order valence-corrected chi connectivity index (χ0v) is 10.1. The van der Waals surface area contributed by atoms with Gasteiger partial charge in [-0.15, -0.1) is 0 Å². The summed E-state index contributed by atoms with van der Waals surface area (Å²) in [7, 11) is 4.07. The zero-order valence-electron chi connectivity index (χ0n) is 10.1. The standard InChI is InChI=1S/C8H11N.C4H9NO2/c1-9(2)8-6-4-3-5-7-8;1-2-7-4(6)3-5/h3-7H,1-2H3;2-3,5H2,1H3. The summed E-state index contributed by atoms with van der Waals surface area (Å²) in [6, 6.07) is 10.3. The number of hydrogen-bond donors (Lipinski definition) is 1. The normalized spacial score (nSPS) is 8.75. The number of anilines is 1. The van der Waals surface area contributed by atoms with Gasteiger partial charge in [0.1, 0.15) is 0 Å². The highest BCUT2D eigenvalue weighted by atomic mass is 16.5. The van der Waals surface area contributed by atoms with E-state index in [1.54, 1.807) is 6.92 Å². The number of nitrogens with zero attached hydrogens (tertiary/aromatic N) is 1. The van der Waals surface area contributed by atoms with Crippen molar-refractivity contribution in [2.75, 3.05) is 32.1 Å². The van der Waals surface area contributed by atoms with E-state index in [1.807, 2.05) is 32.3 Å². The molecule has 0 aliphatic rings. The van der Waals surface area contributed by atoms with Crippen LogP contribution in [0.15, 0.2) is 30.3 Å². The molecule has 0 bridgehead atoms. The summed E-state index contributed by atoms with van der Waals surface area (Å²) < 4.78 is 4.43. The molecule has 16 heavy (non-hydrogen) atoms. The summed E-state index contributed by atoms with van der Waals surface area (Å²) in [4.78, 5) is 12.1. The average molecular weight is 224 g/mol. The van der Waals surface area contributed by atoms with Gasteiger partial charge in [-0.25, -0.2) is 0 Å². The summed E-state index contributed by atoms with van der Waals surface area (Å²) in [6.07, 6.45) is 0. The van der Waals surface area contributed by atoms with Crippen molar-refractivity contribution >= 4 is 11.7 Å². The number of ether oxygens (including phenoxy) is 1. The molecule has 1 aromatic rings. The summed E-state index contributed by atoms with van der Waals surface area (Å²) in [5.74, 6) is -0.345. The van der Waals surface area contributed by atoms with E-state index >= 15 is 0 Å². The first kappa shape index (κ1) is 14.5. The lowest BCUT2D eigenvalue weighted by molar-refractivity contribution is -0.141. The van der Waals surface area contributed by atoms with Crippen LogP contribution in [0, 0.1) is 0 Å². The van der Waals surface area contributed by atoms with Crippen LogP contribution in [-0.2, 0) is 9.53 Å². The van der Waals surface area contributed by atoms with Gasteiger partial charge in [0.05, 0.1) is 13.2 Å². The minimum absolute atomic E-state index is 0.0200. The predicted molar refractivity (Wildman–Crippen MR) is 66.5 cm³/mol. The number of hydrogen-bond acceptors (Lipinski definition) is 4. The fraction of sp³-hybridized carbons (Fsp3) is 0.417. The van der Waals surface area contributed by atoms with Gasteiger partial charge in [-0.2, -0.15) is 0 Å². The SMILES string of the molecule is CCOC(=O)CN.CN(C)c1ccccc1. The van der Waals surface area contributed by atoms with E-state index in [-0.39, 0.29) is 12.5 Å². The van der Waals surface area contributed by atoms with Gasteiger partial charge in [-0.3, -0.25) is 4.79 Å². The highest BCUT2D eigenvalue weighted by molar-refractivity contribution is 5.71. The highest BCUT2D eigenvalue weighted by Crippen LogP contribution is 2.07. The minimum atomic E-state index is -0.345. The van der Waals surface area contributed by atoms with E-state index in [2.05, 4.69) is 21.8 Å². The average Bonchev–Trinajstić information content (AvgIpc) is 2.31. The summed E-state index contributed by atoms with van der Waals surface area (Å²) in [5, 5.41) is 0. The molecule has 2 N–H and O–H groups in total. The van der Waals surface area contributed by atoms with Crippen LogP contribution < -0.4 is 10.6 Å². The Kier molecular flexibility index (Phi) is 7.89. The molecule has 0 fully saturated rings. The first-order valence-corrected chi connectivity index (χ1v) is 5.19. The monoisotopic (exact) mass is 224 g/mol. The van der Waals surface area contributed by atoms with Crippen LogP contribution >= 0.6 is 0 Å². The van der Waals surface area contributed by atoms with Crippen molar-refractivity contribution < 1.29 is 9.53 Å². The molecule has 1 rings (SSSR count). The quantitative estimate of drug-likeness (QED) is 0.785. The van der Waals surface area contributed by atoms with Crippen LogP contribution in [0.5, 0.6) is 0 Å². The molecule has 0 atom stereocenters. The molecule has 90 valence electrons. The molecule has 0 aliphatic heterocycles. The highest BCUT2D eigenvalue weighted by Gasteiger charge is 1.91. The van der Waals surface area contributed by atoms with Crippen molar-refractivity contribution in [3.05, 3.63) is 30.3 Å². The van der Waals surface area contributed by atoms with Gasteiger partial charge >= 0.3 is 5.97 Å². The zero-order chi connectivity index (χ0) is 12.4. The molecule has 0 heterocycles. The van der Waals surface area contributed by atoms with E-state index in [0.29, 0.717) is 6.61 Å². The fourth-order valence-electron chi connectivity index (χ4n) is 0.946. The van der Waals surface area contributed by atoms with Crippen LogP contribution in [-0.4, -0.2) is 33.2 Å². The van der Waals surface area contributed by atoms with E-state index in [9.17, 15) is 4.79 Å². The number of nitrogens with two attached hydrogens (primary N) is 1. The first-order chi connectivity index (χ1) is 7.61. The van der Waals surface area contributed by atoms with E-state index < -0.39 is 0 Å². The maximum absolute atomic E-state index is 10.1. The Bertz CT molecular complexity index is 286. The number of para-hydroxylation sites is 1. The molecule has 0 spiro atoms. The third-order valence-corrected chi connectivity index (χ3v) is 1.74. The van der Waals surface area contributed by atoms with Crippen molar-refractivity contribution in [3.8, 4) is 0 Å². The van der Waals surface area contributed by atoms with Crippen LogP contribution in [0.4, 0.5) is 5.69 Å². The predicted octanol–water partition coefficient (Wildman–Crippen LogP) is 1.26. The van der Waals surface area contributed by atoms with Gasteiger partial charge in [0.25, 0.3) is 0 Å². The molecule has 0 saturated carbocycles. The summed E-state index contributed by atoms with van der Waals surface area (Å²) in [5.41, 5.74) is 6.13. The maximum atomic E-state index is 10.1. The molecule has 0 unspecified atom stereocenters. The van der Waals surface area contributed by atoms with Gasteiger partial charge in [-0.05, 0) is 19.1 Å². The van der Waals surface area contributed by atoms with Gasteiger partial charge in [-0.1, -0.05) is 18.2 Å². The van der Waals surface area contributed by atoms with Gasteiger partial charge < -0.3 is 15.4 Å². The van der Waals surface area contributed by atoms with Crippen LogP contribution in [0.1, 0.15) is 6.92 Å². The molecular formula is C12H20N2O2. The number of esters is 1. The Balaban J connectivity index is 0.000000293. The number of carbonyl (C=O) groups is 1. The second kappa shape index (κ2) is 8.73. The topological polar surface area (TPSA) is 55.6 Å². The van der Waals surface area contributed by atoms with Crippen LogP contribution in [0.25, 0.3) is 0 Å². The minimum Gasteiger partial charge on any atom is -0.465 e. The Morgan fingerprint density at radius 1 is 1.31 bits per heavy atom. The fourth-order valence-corrected chi connectivity index (χ4v) is 0.946. The first-order valence-electron chi connectivity index (χ1n) is 5.19. The third-order valence-electron chi connectivity index (χ3n) is 1.74. The molecule has 0 saturated heterocycles. The Labute approximate surface area is 97.0 Å². The lowest BCUT2D eigenvalue weighted by atomic mass is 10.3. The Morgan fingerprint density at radius 3 is 2.12 bits per heavy atom. The third kappa shape index (κ3) is 6.84. The Morgan fingerprint density at radius 2 is 1.88 bits per heavy atom. The van der Waals surface area contributed by atoms with Crippen LogP contribution in [0.2, 0.25) is 0 Å². The molecule has 4 heteroatoms. The van der Waals surface area contributed by atoms with E-state index in [1.165, 1.54) is 5.69 Å². The van der Waals surface area contributed by atoms with Gasteiger partial charge in [0, 0.05) is 19.8 Å². The lowest BCUT2D eigenvalue weighted by Crippen LogP contribution is -2.16. The lowest BCUT2D eigenvalue weighted by Gasteiger charge is -2.10. The summed E-state index contributed by atoms with van der Waals surface area (Å²) >= 11 is 0. The largest absolute Gasteiger partial charge is 0.465 e. The van der Waals surface area contributed by atoms with Gasteiger partial charge in [0.15, 0.2) is 0 Å². The van der Waals surface area contributed by atoms with E-state index in [0.717, 1.165) is 0 Å².